The van der Waals surface area contributed by atoms with E-state index in [1.807, 2.05) is 6.92 Å². The van der Waals surface area contributed by atoms with E-state index < -0.39 is 11.7 Å². The second-order valence-electron chi connectivity index (χ2n) is 4.99. The van der Waals surface area contributed by atoms with Crippen molar-refractivity contribution in [3.8, 4) is 0 Å². The fourth-order valence-corrected chi connectivity index (χ4v) is 2.80. The van der Waals surface area contributed by atoms with E-state index >= 15 is 0 Å². The summed E-state index contributed by atoms with van der Waals surface area (Å²) >= 11 is 0. The van der Waals surface area contributed by atoms with Crippen LogP contribution >= 0.6 is 0 Å². The number of halogens is 3. The lowest BCUT2D eigenvalue weighted by Gasteiger charge is -2.32. The maximum Gasteiger partial charge on any atom is 0.416 e. The van der Waals surface area contributed by atoms with Crippen LogP contribution in [0.3, 0.4) is 0 Å². The molecule has 1 aromatic carbocycles. The van der Waals surface area contributed by atoms with Crippen LogP contribution in [0.4, 0.5) is 13.2 Å². The zero-order valence-electron chi connectivity index (χ0n) is 9.92. The summed E-state index contributed by atoms with van der Waals surface area (Å²) in [5.41, 5.74) is 1.12. The average molecular weight is 257 g/mol. The van der Waals surface area contributed by atoms with Gasteiger partial charge in [0.25, 0.3) is 0 Å². The molecule has 1 aromatic rings. The number of fused-ring (bicyclic) bond motifs is 3. The Morgan fingerprint density at radius 1 is 1.33 bits per heavy atom. The first-order chi connectivity index (χ1) is 8.45. The van der Waals surface area contributed by atoms with Crippen molar-refractivity contribution in [2.24, 2.45) is 0 Å². The molecule has 0 bridgehead atoms. The van der Waals surface area contributed by atoms with Crippen LogP contribution in [0.5, 0.6) is 0 Å². The third kappa shape index (κ3) is 1.91. The summed E-state index contributed by atoms with van der Waals surface area (Å²) in [6.45, 7) is 2.70. The van der Waals surface area contributed by atoms with Crippen molar-refractivity contribution in [1.82, 2.24) is 5.32 Å². The van der Waals surface area contributed by atoms with Crippen LogP contribution in [0.25, 0.3) is 0 Å². The van der Waals surface area contributed by atoms with Gasteiger partial charge in [-0.25, -0.2) is 0 Å². The Hall–Kier alpha value is -1.07. The van der Waals surface area contributed by atoms with Crippen molar-refractivity contribution >= 4 is 0 Å². The Labute approximate surface area is 103 Å². The van der Waals surface area contributed by atoms with Crippen LogP contribution in [0, 0.1) is 0 Å². The van der Waals surface area contributed by atoms with Crippen LogP contribution in [-0.4, -0.2) is 18.8 Å². The smallest absolute Gasteiger partial charge is 0.372 e. The van der Waals surface area contributed by atoms with Crippen LogP contribution in [-0.2, 0) is 17.3 Å². The Kier molecular flexibility index (Phi) is 2.64. The highest BCUT2D eigenvalue weighted by Crippen LogP contribution is 2.39. The summed E-state index contributed by atoms with van der Waals surface area (Å²) in [4.78, 5) is 0. The van der Waals surface area contributed by atoms with E-state index in [0.717, 1.165) is 23.7 Å². The van der Waals surface area contributed by atoms with Gasteiger partial charge < -0.3 is 10.1 Å². The molecule has 0 saturated carbocycles. The molecule has 3 atom stereocenters. The summed E-state index contributed by atoms with van der Waals surface area (Å²) in [5, 5.41) is 3.34. The monoisotopic (exact) mass is 257 g/mol. The van der Waals surface area contributed by atoms with Crippen molar-refractivity contribution in [1.29, 1.82) is 0 Å². The third-order valence-electron chi connectivity index (χ3n) is 3.63. The van der Waals surface area contributed by atoms with E-state index in [1.165, 1.54) is 6.07 Å². The Bertz CT molecular complexity index is 472. The van der Waals surface area contributed by atoms with Gasteiger partial charge in [0.05, 0.1) is 23.8 Å². The molecule has 3 rings (SSSR count). The number of rotatable bonds is 0. The summed E-state index contributed by atoms with van der Waals surface area (Å²) in [6.07, 6.45) is -3.64. The highest BCUT2D eigenvalue weighted by Gasteiger charge is 2.39. The quantitative estimate of drug-likeness (QED) is 0.771. The molecule has 1 heterocycles. The maximum absolute atomic E-state index is 12.6. The lowest BCUT2D eigenvalue weighted by molar-refractivity contribution is -0.137. The molecule has 18 heavy (non-hydrogen) atoms. The number of alkyl halides is 3. The van der Waals surface area contributed by atoms with E-state index in [2.05, 4.69) is 5.32 Å². The van der Waals surface area contributed by atoms with Gasteiger partial charge in [-0.1, -0.05) is 6.07 Å². The minimum absolute atomic E-state index is 0.0350. The molecule has 1 fully saturated rings. The predicted molar refractivity (Wildman–Crippen MR) is 60.2 cm³/mol. The third-order valence-corrected chi connectivity index (χ3v) is 3.63. The first kappa shape index (κ1) is 12.0. The highest BCUT2D eigenvalue weighted by molar-refractivity contribution is 5.41. The van der Waals surface area contributed by atoms with Crippen molar-refractivity contribution in [2.45, 2.75) is 37.8 Å². The maximum atomic E-state index is 12.6. The molecule has 0 radical (unpaired) electrons. The predicted octanol–water partition coefficient (Wildman–Crippen LogP) is 2.68. The molecule has 0 spiro atoms. The molecule has 2 aliphatic rings. The number of hydrogen-bond acceptors (Lipinski definition) is 2. The number of ether oxygens (including phenoxy) is 1. The van der Waals surface area contributed by atoms with Gasteiger partial charge in [-0.15, -0.1) is 0 Å². The summed E-state index contributed by atoms with van der Waals surface area (Å²) in [6, 6.07) is 4.03. The van der Waals surface area contributed by atoms with Crippen molar-refractivity contribution in [3.63, 3.8) is 0 Å². The van der Waals surface area contributed by atoms with Crippen molar-refractivity contribution < 1.29 is 17.9 Å². The summed E-state index contributed by atoms with van der Waals surface area (Å²) in [5.74, 6) is 0. The zero-order valence-corrected chi connectivity index (χ0v) is 9.92. The highest BCUT2D eigenvalue weighted by atomic mass is 19.4. The van der Waals surface area contributed by atoms with Gasteiger partial charge in [0.15, 0.2) is 0 Å². The van der Waals surface area contributed by atoms with Crippen LogP contribution in [0.1, 0.15) is 29.7 Å². The molecule has 1 saturated heterocycles. The van der Waals surface area contributed by atoms with Crippen LogP contribution in [0.2, 0.25) is 0 Å². The van der Waals surface area contributed by atoms with E-state index in [4.69, 9.17) is 4.74 Å². The lowest BCUT2D eigenvalue weighted by Crippen LogP contribution is -2.44. The first-order valence-electron chi connectivity index (χ1n) is 6.04. The topological polar surface area (TPSA) is 21.3 Å². The number of morpholine rings is 1. The lowest BCUT2D eigenvalue weighted by atomic mass is 10.0. The zero-order chi connectivity index (χ0) is 12.9. The van der Waals surface area contributed by atoms with Crippen molar-refractivity contribution in [2.75, 3.05) is 6.54 Å². The molecule has 0 amide bonds. The summed E-state index contributed by atoms with van der Waals surface area (Å²) < 4.78 is 43.7. The fraction of sp³-hybridized carbons (Fsp3) is 0.538. The van der Waals surface area contributed by atoms with E-state index in [-0.39, 0.29) is 18.2 Å². The molecule has 2 nitrogen and oxygen atoms in total. The number of hydrogen-bond donors (Lipinski definition) is 1. The second-order valence-corrected chi connectivity index (χ2v) is 4.99. The van der Waals surface area contributed by atoms with Crippen LogP contribution < -0.4 is 5.32 Å². The largest absolute Gasteiger partial charge is 0.416 e. The van der Waals surface area contributed by atoms with Gasteiger partial charge >= 0.3 is 6.18 Å². The molecule has 98 valence electrons. The normalized spacial score (nSPS) is 31.0. The second kappa shape index (κ2) is 3.96. The van der Waals surface area contributed by atoms with E-state index in [9.17, 15) is 13.2 Å². The number of benzene rings is 1. The molecule has 1 aliphatic carbocycles. The van der Waals surface area contributed by atoms with Gasteiger partial charge in [-0.05, 0) is 30.2 Å². The Morgan fingerprint density at radius 3 is 2.83 bits per heavy atom. The molecule has 1 aliphatic heterocycles. The van der Waals surface area contributed by atoms with Gasteiger partial charge in [-0.2, -0.15) is 13.2 Å². The minimum Gasteiger partial charge on any atom is -0.372 e. The molecular weight excluding hydrogens is 243 g/mol. The summed E-state index contributed by atoms with van der Waals surface area (Å²) in [7, 11) is 0. The first-order valence-corrected chi connectivity index (χ1v) is 6.04. The SMILES string of the molecule is C[C@H]1CN[C@H]2c3ccc(C(F)(F)F)cc3C[C@H]2O1. The van der Waals surface area contributed by atoms with Gasteiger partial charge in [0.2, 0.25) is 0 Å². The average Bonchev–Trinajstić information content (AvgIpc) is 2.63. The molecule has 0 unspecified atom stereocenters. The van der Waals surface area contributed by atoms with Gasteiger partial charge in [-0.3, -0.25) is 0 Å². The van der Waals surface area contributed by atoms with Gasteiger partial charge in [0.1, 0.15) is 0 Å². The minimum atomic E-state index is -4.27. The molecule has 5 heteroatoms. The van der Waals surface area contributed by atoms with E-state index in [1.54, 1.807) is 6.07 Å². The van der Waals surface area contributed by atoms with Crippen molar-refractivity contribution in [3.05, 3.63) is 34.9 Å². The Morgan fingerprint density at radius 2 is 2.11 bits per heavy atom. The van der Waals surface area contributed by atoms with Crippen LogP contribution in [0.15, 0.2) is 18.2 Å². The molecule has 0 aromatic heterocycles. The fourth-order valence-electron chi connectivity index (χ4n) is 2.80. The standard InChI is InChI=1S/C13H14F3NO/c1-7-6-17-12-10-3-2-9(13(14,15)16)4-8(10)5-11(12)18-7/h2-4,7,11-12,17H,5-6H2,1H3/t7-,11+,12-/m0/s1. The molecule has 1 N–H and O–H groups in total. The molecular formula is C13H14F3NO. The number of nitrogens with one attached hydrogen (secondary N) is 1. The van der Waals surface area contributed by atoms with Gasteiger partial charge in [0, 0.05) is 13.0 Å². The van der Waals surface area contributed by atoms with E-state index in [0.29, 0.717) is 6.42 Å². The Balaban J connectivity index is 1.93.